The maximum atomic E-state index is 9.85. The highest BCUT2D eigenvalue weighted by Gasteiger charge is 2.35. The minimum atomic E-state index is 0.0596. The van der Waals surface area contributed by atoms with Gasteiger partial charge in [-0.05, 0) is 43.0 Å². The van der Waals surface area contributed by atoms with E-state index in [1.807, 2.05) is 18.2 Å². The average molecular weight is 355 g/mol. The van der Waals surface area contributed by atoms with Crippen LogP contribution in [0.1, 0.15) is 89.0 Å². The van der Waals surface area contributed by atoms with Crippen molar-refractivity contribution in [1.29, 1.82) is 0 Å². The van der Waals surface area contributed by atoms with Crippen molar-refractivity contribution in [2.75, 3.05) is 0 Å². The summed E-state index contributed by atoms with van der Waals surface area (Å²) in [6, 6.07) is 7.92. The molecule has 2 N–H and O–H groups in total. The number of hydrogen-bond donors (Lipinski definition) is 2. The lowest BCUT2D eigenvalue weighted by Crippen LogP contribution is -2.30. The molecule has 0 bridgehead atoms. The molecule has 2 heteroatoms. The number of benzene rings is 1. The zero-order valence-electron chi connectivity index (χ0n) is 16.1. The van der Waals surface area contributed by atoms with Crippen molar-refractivity contribution in [3.8, 4) is 5.75 Å². The summed E-state index contributed by atoms with van der Waals surface area (Å²) in [6.07, 6.45) is 20.1. The molecule has 0 heterocycles. The lowest BCUT2D eigenvalue weighted by molar-refractivity contribution is 0.348. The largest absolute Gasteiger partial charge is 0.512 e. The van der Waals surface area contributed by atoms with Crippen LogP contribution in [0, 0.1) is 0 Å². The maximum Gasteiger partial charge on any atom is 0.115 e. The predicted octanol–water partition coefficient (Wildman–Crippen LogP) is 7.10. The Bertz CT molecular complexity index is 612. The van der Waals surface area contributed by atoms with Crippen LogP contribution in [-0.4, -0.2) is 10.2 Å². The summed E-state index contributed by atoms with van der Waals surface area (Å²) >= 11 is 0. The van der Waals surface area contributed by atoms with Gasteiger partial charge in [-0.15, -0.1) is 0 Å². The van der Waals surface area contributed by atoms with E-state index in [0.29, 0.717) is 11.5 Å². The van der Waals surface area contributed by atoms with E-state index in [4.69, 9.17) is 0 Å². The van der Waals surface area contributed by atoms with Gasteiger partial charge in [0.05, 0.1) is 5.76 Å². The summed E-state index contributed by atoms with van der Waals surface area (Å²) < 4.78 is 0. The summed E-state index contributed by atoms with van der Waals surface area (Å²) in [5, 5.41) is 19.6. The lowest BCUT2D eigenvalue weighted by atomic mass is 9.65. The van der Waals surface area contributed by atoms with Gasteiger partial charge in [-0.1, -0.05) is 81.6 Å². The molecule has 0 spiro atoms. The number of aromatic hydroxyl groups is 1. The van der Waals surface area contributed by atoms with E-state index in [1.54, 1.807) is 0 Å². The van der Waals surface area contributed by atoms with E-state index < -0.39 is 0 Å². The predicted molar refractivity (Wildman–Crippen MR) is 109 cm³/mol. The van der Waals surface area contributed by atoms with Crippen LogP contribution in [0.15, 0.2) is 47.7 Å². The molecule has 1 fully saturated rings. The zero-order chi connectivity index (χ0) is 18.2. The third-order valence-electron chi connectivity index (χ3n) is 6.37. The van der Waals surface area contributed by atoms with E-state index in [9.17, 15) is 10.2 Å². The second-order valence-corrected chi connectivity index (χ2v) is 8.16. The SMILES string of the molecule is OC1=CC=C(C2(c3ccc(O)cc3)CCCCCCCCCCC2)CC1. The van der Waals surface area contributed by atoms with Gasteiger partial charge in [-0.2, -0.15) is 0 Å². The van der Waals surface area contributed by atoms with Gasteiger partial charge in [0.25, 0.3) is 0 Å². The molecule has 1 aromatic rings. The van der Waals surface area contributed by atoms with Gasteiger partial charge >= 0.3 is 0 Å². The molecular formula is C24H34O2. The Kier molecular flexibility index (Phi) is 6.82. The lowest BCUT2D eigenvalue weighted by Gasteiger charge is -2.39. The van der Waals surface area contributed by atoms with E-state index >= 15 is 0 Å². The van der Waals surface area contributed by atoms with Crippen LogP contribution in [0.4, 0.5) is 0 Å². The molecule has 0 aliphatic heterocycles. The second-order valence-electron chi connectivity index (χ2n) is 8.16. The third kappa shape index (κ3) is 4.72. The summed E-state index contributed by atoms with van der Waals surface area (Å²) in [6.45, 7) is 0. The average Bonchev–Trinajstić information content (AvgIpc) is 2.64. The number of aliphatic hydroxyl groups is 1. The van der Waals surface area contributed by atoms with Gasteiger partial charge in [0, 0.05) is 11.8 Å². The molecule has 0 amide bonds. The van der Waals surface area contributed by atoms with Crippen LogP contribution in [0.5, 0.6) is 5.75 Å². The van der Waals surface area contributed by atoms with Crippen molar-refractivity contribution >= 4 is 0 Å². The third-order valence-corrected chi connectivity index (χ3v) is 6.37. The molecule has 2 nitrogen and oxygen atoms in total. The van der Waals surface area contributed by atoms with Crippen LogP contribution in [0.25, 0.3) is 0 Å². The minimum Gasteiger partial charge on any atom is -0.512 e. The maximum absolute atomic E-state index is 9.85. The van der Waals surface area contributed by atoms with Crippen molar-refractivity contribution < 1.29 is 10.2 Å². The smallest absolute Gasteiger partial charge is 0.115 e. The molecule has 3 rings (SSSR count). The molecule has 26 heavy (non-hydrogen) atoms. The standard InChI is InChI=1S/C24H34O2/c25-22-14-10-20(11-15-22)24(21-12-16-23(26)17-13-21)18-8-6-4-2-1-3-5-7-9-19-24/h10-12,14-16,25-26H,1-9,13,17-19H2. The molecule has 0 saturated heterocycles. The molecule has 1 aromatic carbocycles. The van der Waals surface area contributed by atoms with Crippen LogP contribution < -0.4 is 0 Å². The van der Waals surface area contributed by atoms with Crippen molar-refractivity contribution in [3.05, 3.63) is 53.3 Å². The highest BCUT2D eigenvalue weighted by atomic mass is 16.3. The molecule has 2 aliphatic rings. The molecule has 1 saturated carbocycles. The quantitative estimate of drug-likeness (QED) is 0.595. The van der Waals surface area contributed by atoms with Crippen LogP contribution in [-0.2, 0) is 5.41 Å². The zero-order valence-corrected chi connectivity index (χ0v) is 16.1. The first kappa shape index (κ1) is 19.1. The number of allylic oxidation sites excluding steroid dienone is 4. The van der Waals surface area contributed by atoms with Gasteiger partial charge in [0.1, 0.15) is 5.75 Å². The first-order chi connectivity index (χ1) is 12.7. The summed E-state index contributed by atoms with van der Waals surface area (Å²) in [5.41, 5.74) is 2.87. The topological polar surface area (TPSA) is 40.5 Å². The molecule has 0 radical (unpaired) electrons. The molecule has 0 atom stereocenters. The summed E-state index contributed by atoms with van der Waals surface area (Å²) in [4.78, 5) is 0. The highest BCUT2D eigenvalue weighted by molar-refractivity contribution is 5.42. The molecule has 142 valence electrons. The van der Waals surface area contributed by atoms with Crippen molar-refractivity contribution in [1.82, 2.24) is 0 Å². The molecular weight excluding hydrogens is 320 g/mol. The number of aliphatic hydroxyl groups excluding tert-OH is 1. The van der Waals surface area contributed by atoms with Gasteiger partial charge < -0.3 is 10.2 Å². The monoisotopic (exact) mass is 354 g/mol. The first-order valence-corrected chi connectivity index (χ1v) is 10.6. The van der Waals surface area contributed by atoms with Crippen molar-refractivity contribution in [2.45, 2.75) is 88.9 Å². The van der Waals surface area contributed by atoms with Gasteiger partial charge in [-0.3, -0.25) is 0 Å². The van der Waals surface area contributed by atoms with E-state index in [1.165, 1.54) is 81.8 Å². The highest BCUT2D eigenvalue weighted by Crippen LogP contribution is 2.46. The van der Waals surface area contributed by atoms with Gasteiger partial charge in [0.2, 0.25) is 0 Å². The summed E-state index contributed by atoms with van der Waals surface area (Å²) in [7, 11) is 0. The van der Waals surface area contributed by atoms with Crippen molar-refractivity contribution in [2.24, 2.45) is 0 Å². The normalized spacial score (nSPS) is 22.5. The minimum absolute atomic E-state index is 0.0596. The fourth-order valence-electron chi connectivity index (χ4n) is 4.82. The van der Waals surface area contributed by atoms with E-state index in [-0.39, 0.29) is 5.41 Å². The Hall–Kier alpha value is -1.70. The van der Waals surface area contributed by atoms with Gasteiger partial charge in [0.15, 0.2) is 0 Å². The number of hydrogen-bond acceptors (Lipinski definition) is 2. The summed E-state index contributed by atoms with van der Waals surface area (Å²) in [5.74, 6) is 0.843. The van der Waals surface area contributed by atoms with Crippen LogP contribution >= 0.6 is 0 Å². The number of phenols is 1. The number of rotatable bonds is 2. The van der Waals surface area contributed by atoms with Crippen LogP contribution in [0.3, 0.4) is 0 Å². The van der Waals surface area contributed by atoms with Gasteiger partial charge in [-0.25, -0.2) is 0 Å². The first-order valence-electron chi connectivity index (χ1n) is 10.6. The Morgan fingerprint density at radius 3 is 1.65 bits per heavy atom. The molecule has 0 unspecified atom stereocenters. The number of phenolic OH excluding ortho intramolecular Hbond substituents is 1. The Morgan fingerprint density at radius 1 is 0.615 bits per heavy atom. The Morgan fingerprint density at radius 2 is 1.15 bits per heavy atom. The van der Waals surface area contributed by atoms with Crippen LogP contribution in [0.2, 0.25) is 0 Å². The molecule has 0 aromatic heterocycles. The van der Waals surface area contributed by atoms with Crippen molar-refractivity contribution in [3.63, 3.8) is 0 Å². The Balaban J connectivity index is 1.94. The second kappa shape index (κ2) is 9.30. The Labute approximate surface area is 158 Å². The van der Waals surface area contributed by atoms with E-state index in [0.717, 1.165) is 12.8 Å². The fourth-order valence-corrected chi connectivity index (χ4v) is 4.82. The fraction of sp³-hybridized carbons (Fsp3) is 0.583. The van der Waals surface area contributed by atoms with E-state index in [2.05, 4.69) is 18.2 Å². The molecule has 2 aliphatic carbocycles.